The number of aromatic amines is 1. The van der Waals surface area contributed by atoms with Crippen molar-refractivity contribution >= 4 is 36.2 Å². The molecule has 46 heavy (non-hydrogen) atoms. The Bertz CT molecular complexity index is 799. The molecule has 1 aliphatic rings. The number of rotatable bonds is 11. The minimum absolute atomic E-state index is 0. The molecule has 1 fully saturated rings. The molecule has 0 unspecified atom stereocenters. The number of hydrogen-bond acceptors (Lipinski definition) is 9. The number of aromatic nitrogens is 3. The van der Waals surface area contributed by atoms with Gasteiger partial charge in [0.1, 0.15) is 12.1 Å². The number of ether oxygens (including phenoxy) is 3. The second-order valence-electron chi connectivity index (χ2n) is 8.42. The summed E-state index contributed by atoms with van der Waals surface area (Å²) < 4.78 is 13.7. The van der Waals surface area contributed by atoms with Crippen LogP contribution in [-0.2, 0) is 75.0 Å². The van der Waals surface area contributed by atoms with Crippen LogP contribution in [-0.4, -0.2) is 112 Å². The topological polar surface area (TPSA) is 214 Å². The number of esters is 2. The maximum Gasteiger partial charge on any atom is 1.00 e. The summed E-state index contributed by atoms with van der Waals surface area (Å²) in [7, 11) is 3.46. The van der Waals surface area contributed by atoms with E-state index in [0.717, 1.165) is 13.2 Å². The number of terminal acetylenes is 1. The molecule has 0 aromatic carbocycles. The van der Waals surface area contributed by atoms with Gasteiger partial charge in [0, 0.05) is 28.0 Å². The number of carbonyl (C=O) groups excluding carboxylic acids is 2. The third-order valence-corrected chi connectivity index (χ3v) is 11.1. The third kappa shape index (κ3) is 43.2. The van der Waals surface area contributed by atoms with Crippen molar-refractivity contribution < 1.29 is 68.6 Å². The van der Waals surface area contributed by atoms with E-state index in [1.807, 2.05) is 0 Å². The second-order valence-corrected chi connectivity index (χ2v) is 14.9. The number of nitrogens with one attached hydrogen (secondary N) is 1. The van der Waals surface area contributed by atoms with Gasteiger partial charge in [0.25, 0.3) is 0 Å². The first-order valence-corrected chi connectivity index (χ1v) is 18.2. The molecule has 0 bridgehead atoms. The molecule has 18 heteroatoms. The molecule has 0 amide bonds. The van der Waals surface area contributed by atoms with Gasteiger partial charge in [-0.3, -0.25) is 14.5 Å². The predicted octanol–water partition coefficient (Wildman–Crippen LogP) is 4.49. The van der Waals surface area contributed by atoms with E-state index in [4.69, 9.17) is 33.7 Å². The molecule has 1 aliphatic heterocycles. The SMILES string of the molecule is C#CC[C@@H](N)C(=O)OC.C1CCOC1.CCP(CC)CC.CCP(CC)CC.COC(=O)[C@H](N)Cc1[c-]nn[nH]1.[Au+].[Au+].[B].[N-]=[N+]=[N-]. The van der Waals surface area contributed by atoms with Gasteiger partial charge in [-0.15, -0.1) is 39.1 Å². The number of H-pyrrole nitrogens is 1. The number of hydrogen-bond donors (Lipinski definition) is 3. The van der Waals surface area contributed by atoms with Crippen LogP contribution in [0, 0.1) is 18.5 Å². The molecule has 2 heterocycles. The van der Waals surface area contributed by atoms with Gasteiger partial charge >= 0.3 is 56.7 Å². The Morgan fingerprint density at radius 1 is 0.935 bits per heavy atom. The van der Waals surface area contributed by atoms with E-state index in [2.05, 4.69) is 78.5 Å². The first-order chi connectivity index (χ1) is 20.6. The molecule has 5 N–H and O–H groups in total. The Morgan fingerprint density at radius 3 is 1.52 bits per heavy atom. The molecule has 0 aliphatic carbocycles. The van der Waals surface area contributed by atoms with Crippen LogP contribution >= 0.6 is 15.8 Å². The summed E-state index contributed by atoms with van der Waals surface area (Å²) in [4.78, 5) is 22.8. The minimum atomic E-state index is -0.687. The summed E-state index contributed by atoms with van der Waals surface area (Å²) >= 11 is 0. The summed E-state index contributed by atoms with van der Waals surface area (Å²) in [6.45, 7) is 15.7. The monoisotopic (exact) mass is 1050 g/mol. The van der Waals surface area contributed by atoms with Crippen LogP contribution in [0.5, 0.6) is 0 Å². The molecular weight excluding hydrogens is 995 g/mol. The summed E-state index contributed by atoms with van der Waals surface area (Å²) in [6, 6.07) is -1.35. The maximum absolute atomic E-state index is 10.8. The van der Waals surface area contributed by atoms with Crippen molar-refractivity contribution in [1.82, 2.24) is 15.4 Å². The second kappa shape index (κ2) is 48.6. The van der Waals surface area contributed by atoms with E-state index >= 15 is 0 Å². The molecule has 1 saturated heterocycles. The van der Waals surface area contributed by atoms with Crippen LogP contribution in [0.2, 0.25) is 0 Å². The van der Waals surface area contributed by atoms with Crippen LogP contribution in [0.1, 0.15) is 66.5 Å². The number of nitrogens with zero attached hydrogens (tertiary/aromatic N) is 5. The number of methoxy groups -OCH3 is 2. The summed E-state index contributed by atoms with van der Waals surface area (Å²) in [5.74, 6) is 1.33. The zero-order chi connectivity index (χ0) is 33.9. The van der Waals surface area contributed by atoms with Gasteiger partial charge in [-0.1, -0.05) is 41.5 Å². The largest absolute Gasteiger partial charge is 1.00 e. The zero-order valence-corrected chi connectivity index (χ0v) is 34.8. The molecule has 2 rings (SSSR count). The van der Waals surface area contributed by atoms with E-state index in [-0.39, 0.29) is 59.6 Å². The van der Waals surface area contributed by atoms with Crippen LogP contribution in [0.25, 0.3) is 16.0 Å². The van der Waals surface area contributed by atoms with Gasteiger partial charge in [0.15, 0.2) is 0 Å². The summed E-state index contributed by atoms with van der Waals surface area (Å²) in [5.41, 5.74) is 24.8. The van der Waals surface area contributed by atoms with Crippen molar-refractivity contribution in [2.45, 2.75) is 79.3 Å². The van der Waals surface area contributed by atoms with Gasteiger partial charge in [-0.2, -0.15) is 0 Å². The van der Waals surface area contributed by atoms with Crippen LogP contribution in [0.3, 0.4) is 0 Å². The average molecular weight is 1050 g/mol. The normalized spacial score (nSPS) is 11.5. The van der Waals surface area contributed by atoms with E-state index in [9.17, 15) is 9.59 Å². The quantitative estimate of drug-likeness (QED) is 0.0416. The first-order valence-electron chi connectivity index (χ1n) is 14.5. The molecule has 13 nitrogen and oxygen atoms in total. The fourth-order valence-electron chi connectivity index (χ4n) is 2.96. The zero-order valence-electron chi connectivity index (χ0n) is 28.7. The Balaban J connectivity index is -0.0000000815. The fourth-order valence-corrected chi connectivity index (χ4v) is 5.64. The Hall–Kier alpha value is -0.765. The Labute approximate surface area is 313 Å². The van der Waals surface area contributed by atoms with Crippen molar-refractivity contribution in [2.75, 3.05) is 64.4 Å². The average Bonchev–Trinajstić information content (AvgIpc) is 3.78. The number of carbonyl (C=O) groups is 2. The van der Waals surface area contributed by atoms with Gasteiger partial charge in [0.05, 0.1) is 14.2 Å². The molecule has 1 aromatic rings. The van der Waals surface area contributed by atoms with Crippen LogP contribution in [0.4, 0.5) is 0 Å². The van der Waals surface area contributed by atoms with Gasteiger partial charge in [-0.25, -0.2) is 0 Å². The molecule has 0 spiro atoms. The van der Waals surface area contributed by atoms with Crippen molar-refractivity contribution in [3.63, 3.8) is 0 Å². The van der Waals surface area contributed by atoms with Crippen molar-refractivity contribution in [1.29, 1.82) is 0 Å². The van der Waals surface area contributed by atoms with E-state index in [1.54, 1.807) is 0 Å². The third-order valence-electron chi connectivity index (χ3n) is 5.70. The minimum Gasteiger partial charge on any atom is -0.468 e. The van der Waals surface area contributed by atoms with Gasteiger partial charge < -0.3 is 53.1 Å². The molecule has 1 aromatic heterocycles. The predicted molar refractivity (Wildman–Crippen MR) is 185 cm³/mol. The summed E-state index contributed by atoms with van der Waals surface area (Å²) in [5, 5.41) is 9.39. The Morgan fingerprint density at radius 2 is 1.30 bits per heavy atom. The van der Waals surface area contributed by atoms with Crippen LogP contribution < -0.4 is 11.5 Å². The Kier molecular flexibility index (Phi) is 64.0. The fraction of sp³-hybridized carbons (Fsp3) is 0.786. The molecule has 273 valence electrons. The standard InChI is InChI=1S/C6H9N4O2.C6H9NO2.2C6H15P.C4H8O.2Au.B.N3/c1-12-6(11)5(7)2-4-3-8-10-9-4;1-3-4-5(7)6(8)9-2;2*1-4-7(5-2)6-3;1-2-4-5-3-1;;;;1-3-2/h5H,2,7H2,1H3,(H,8,9,10);1,5H,4,7H2,2H3;2*4-6H2,1-3H3;1-4H2;;;;/q-1;;;;;2*+1;;-1/t2*5-;;;;;;;/m11......./s1. The molecular formula is C28H56Au2BN8O5P2. The van der Waals surface area contributed by atoms with E-state index in [1.165, 1.54) is 68.9 Å². The van der Waals surface area contributed by atoms with Crippen molar-refractivity contribution in [3.8, 4) is 12.3 Å². The van der Waals surface area contributed by atoms with E-state index < -0.39 is 24.0 Å². The van der Waals surface area contributed by atoms with Gasteiger partial charge in [-0.05, 0) is 56.2 Å². The molecule has 2 atom stereocenters. The molecule has 0 saturated carbocycles. The van der Waals surface area contributed by atoms with Crippen molar-refractivity contribution in [3.05, 3.63) is 27.9 Å². The summed E-state index contributed by atoms with van der Waals surface area (Å²) in [6.07, 6.45) is 19.0. The first kappa shape index (κ1) is 60.5. The molecule has 3 radical (unpaired) electrons. The smallest absolute Gasteiger partial charge is 0.468 e. The van der Waals surface area contributed by atoms with E-state index in [0.29, 0.717) is 28.0 Å². The van der Waals surface area contributed by atoms with Crippen molar-refractivity contribution in [2.24, 2.45) is 11.5 Å². The number of nitrogens with two attached hydrogens (primary N) is 2. The van der Waals surface area contributed by atoms with Gasteiger partial charge in [0.2, 0.25) is 0 Å². The maximum atomic E-state index is 10.8. The van der Waals surface area contributed by atoms with Crippen LogP contribution in [0.15, 0.2) is 0 Å².